The molecule has 1 aliphatic rings. The SMILES string of the molecule is CC(C)(C)OC(=O)CC1CCC(NC(=O)c2cc3cc(Cl)ccc3o2)CC1. The second-order valence-corrected chi connectivity index (χ2v) is 8.71. The molecule has 1 aromatic carbocycles. The van der Waals surface area contributed by atoms with E-state index in [9.17, 15) is 9.59 Å². The van der Waals surface area contributed by atoms with Gasteiger partial charge in [-0.3, -0.25) is 9.59 Å². The molecule has 0 spiro atoms. The van der Waals surface area contributed by atoms with Crippen LogP contribution >= 0.6 is 11.6 Å². The maximum absolute atomic E-state index is 12.5. The van der Waals surface area contributed by atoms with Crippen LogP contribution in [0.2, 0.25) is 5.02 Å². The zero-order chi connectivity index (χ0) is 19.6. The van der Waals surface area contributed by atoms with E-state index in [0.717, 1.165) is 31.1 Å². The Kier molecular flexibility index (Phi) is 5.80. The molecule has 1 fully saturated rings. The first kappa shape index (κ1) is 19.7. The summed E-state index contributed by atoms with van der Waals surface area (Å²) in [7, 11) is 0. The summed E-state index contributed by atoms with van der Waals surface area (Å²) in [6, 6.07) is 7.09. The average molecular weight is 392 g/mol. The minimum atomic E-state index is -0.445. The van der Waals surface area contributed by atoms with Crippen LogP contribution in [0.3, 0.4) is 0 Å². The standard InChI is InChI=1S/C21H26ClNO4/c1-21(2,3)27-19(24)10-13-4-7-16(8-5-13)23-20(25)18-12-14-11-15(22)6-9-17(14)26-18/h6,9,11-13,16H,4-5,7-8,10H2,1-3H3,(H,23,25). The molecule has 1 aromatic heterocycles. The second-order valence-electron chi connectivity index (χ2n) is 8.27. The summed E-state index contributed by atoms with van der Waals surface area (Å²) in [6.45, 7) is 5.63. The fourth-order valence-corrected chi connectivity index (χ4v) is 3.69. The van der Waals surface area contributed by atoms with Gasteiger partial charge in [0, 0.05) is 22.9 Å². The van der Waals surface area contributed by atoms with Crippen LogP contribution < -0.4 is 5.32 Å². The maximum atomic E-state index is 12.5. The predicted octanol–water partition coefficient (Wildman–Crippen LogP) is 5.11. The van der Waals surface area contributed by atoms with Gasteiger partial charge in [-0.05, 0) is 76.6 Å². The fraction of sp³-hybridized carbons (Fsp3) is 0.524. The Balaban J connectivity index is 1.49. The van der Waals surface area contributed by atoms with E-state index in [2.05, 4.69) is 5.32 Å². The molecule has 27 heavy (non-hydrogen) atoms. The number of rotatable bonds is 4. The van der Waals surface area contributed by atoms with Gasteiger partial charge in [-0.15, -0.1) is 0 Å². The number of hydrogen-bond acceptors (Lipinski definition) is 4. The van der Waals surface area contributed by atoms with Gasteiger partial charge in [0.2, 0.25) is 0 Å². The van der Waals surface area contributed by atoms with Crippen LogP contribution in [0.25, 0.3) is 11.0 Å². The highest BCUT2D eigenvalue weighted by atomic mass is 35.5. The number of halogens is 1. The molecule has 0 bridgehead atoms. The molecule has 5 nitrogen and oxygen atoms in total. The van der Waals surface area contributed by atoms with Crippen LogP contribution in [0.5, 0.6) is 0 Å². The molecule has 0 saturated heterocycles. The Hall–Kier alpha value is -2.01. The van der Waals surface area contributed by atoms with E-state index in [1.165, 1.54) is 0 Å². The predicted molar refractivity (Wildman–Crippen MR) is 105 cm³/mol. The van der Waals surface area contributed by atoms with Crippen LogP contribution in [0, 0.1) is 5.92 Å². The van der Waals surface area contributed by atoms with Gasteiger partial charge in [0.25, 0.3) is 5.91 Å². The Labute approximate surface area is 164 Å². The number of carbonyl (C=O) groups excluding carboxylic acids is 2. The van der Waals surface area contributed by atoms with Crippen LogP contribution in [0.15, 0.2) is 28.7 Å². The number of fused-ring (bicyclic) bond motifs is 1. The zero-order valence-corrected chi connectivity index (χ0v) is 16.8. The summed E-state index contributed by atoms with van der Waals surface area (Å²) in [5.41, 5.74) is 0.199. The number of furan rings is 1. The van der Waals surface area contributed by atoms with Crippen molar-refractivity contribution in [3.8, 4) is 0 Å². The molecular weight excluding hydrogens is 366 g/mol. The second kappa shape index (κ2) is 7.93. The summed E-state index contributed by atoms with van der Waals surface area (Å²) in [5.74, 6) is 0.262. The van der Waals surface area contributed by atoms with E-state index < -0.39 is 5.60 Å². The molecule has 3 rings (SSSR count). The molecular formula is C21H26ClNO4. The van der Waals surface area contributed by atoms with Gasteiger partial charge >= 0.3 is 5.97 Å². The highest BCUT2D eigenvalue weighted by Gasteiger charge is 2.27. The quantitative estimate of drug-likeness (QED) is 0.735. The first-order valence-corrected chi connectivity index (χ1v) is 9.79. The van der Waals surface area contributed by atoms with Crippen molar-refractivity contribution in [1.82, 2.24) is 5.32 Å². The minimum Gasteiger partial charge on any atom is -0.460 e. The smallest absolute Gasteiger partial charge is 0.306 e. The Bertz CT molecular complexity index is 828. The highest BCUT2D eigenvalue weighted by molar-refractivity contribution is 6.31. The lowest BCUT2D eigenvalue weighted by molar-refractivity contribution is -0.156. The molecule has 146 valence electrons. The van der Waals surface area contributed by atoms with E-state index in [1.54, 1.807) is 24.3 Å². The molecule has 1 N–H and O–H groups in total. The third-order valence-corrected chi connectivity index (χ3v) is 4.99. The van der Waals surface area contributed by atoms with Gasteiger partial charge in [-0.25, -0.2) is 0 Å². The van der Waals surface area contributed by atoms with Crippen molar-refractivity contribution in [2.24, 2.45) is 5.92 Å². The van der Waals surface area contributed by atoms with Crippen LogP contribution in [0.1, 0.15) is 63.4 Å². The summed E-state index contributed by atoms with van der Waals surface area (Å²) in [6.07, 6.45) is 3.96. The molecule has 0 aliphatic heterocycles. The number of esters is 1. The highest BCUT2D eigenvalue weighted by Crippen LogP contribution is 2.29. The number of benzene rings is 1. The van der Waals surface area contributed by atoms with Gasteiger partial charge in [-0.1, -0.05) is 11.6 Å². The first-order chi connectivity index (χ1) is 12.7. The molecule has 2 aromatic rings. The summed E-state index contributed by atoms with van der Waals surface area (Å²) in [5, 5.41) is 4.46. The molecule has 6 heteroatoms. The Morgan fingerprint density at radius 3 is 2.56 bits per heavy atom. The van der Waals surface area contributed by atoms with E-state index in [0.29, 0.717) is 28.7 Å². The van der Waals surface area contributed by atoms with Crippen LogP contribution in [-0.2, 0) is 9.53 Å². The number of carbonyl (C=O) groups is 2. The monoisotopic (exact) mass is 391 g/mol. The van der Waals surface area contributed by atoms with Crippen molar-refractivity contribution in [1.29, 1.82) is 0 Å². The van der Waals surface area contributed by atoms with E-state index in [4.69, 9.17) is 20.8 Å². The summed E-state index contributed by atoms with van der Waals surface area (Å²) < 4.78 is 11.0. The molecule has 1 heterocycles. The Morgan fingerprint density at radius 1 is 1.19 bits per heavy atom. The van der Waals surface area contributed by atoms with Gasteiger partial charge in [0.05, 0.1) is 0 Å². The third kappa shape index (κ3) is 5.48. The number of nitrogens with one attached hydrogen (secondary N) is 1. The lowest BCUT2D eigenvalue weighted by Crippen LogP contribution is -2.38. The number of hydrogen-bond donors (Lipinski definition) is 1. The van der Waals surface area contributed by atoms with E-state index in [-0.39, 0.29) is 17.9 Å². The maximum Gasteiger partial charge on any atom is 0.306 e. The van der Waals surface area contributed by atoms with Crippen molar-refractivity contribution in [3.63, 3.8) is 0 Å². The largest absolute Gasteiger partial charge is 0.460 e. The fourth-order valence-electron chi connectivity index (χ4n) is 3.51. The molecule has 1 aliphatic carbocycles. The van der Waals surface area contributed by atoms with E-state index in [1.807, 2.05) is 20.8 Å². The molecule has 0 atom stereocenters. The lowest BCUT2D eigenvalue weighted by atomic mass is 9.84. The van der Waals surface area contributed by atoms with E-state index >= 15 is 0 Å². The van der Waals surface area contributed by atoms with Crippen molar-refractivity contribution in [2.75, 3.05) is 0 Å². The van der Waals surface area contributed by atoms with Gasteiger partial charge in [-0.2, -0.15) is 0 Å². The van der Waals surface area contributed by atoms with Crippen molar-refractivity contribution in [2.45, 2.75) is 64.5 Å². The molecule has 0 radical (unpaired) electrons. The van der Waals surface area contributed by atoms with Gasteiger partial charge in [0.1, 0.15) is 11.2 Å². The topological polar surface area (TPSA) is 68.5 Å². The number of amides is 1. The van der Waals surface area contributed by atoms with Crippen molar-refractivity contribution >= 4 is 34.4 Å². The molecule has 1 amide bonds. The summed E-state index contributed by atoms with van der Waals surface area (Å²) in [4.78, 5) is 24.4. The third-order valence-electron chi connectivity index (χ3n) is 4.76. The minimum absolute atomic E-state index is 0.101. The van der Waals surface area contributed by atoms with Gasteiger partial charge < -0.3 is 14.5 Å². The average Bonchev–Trinajstić information content (AvgIpc) is 2.98. The summed E-state index contributed by atoms with van der Waals surface area (Å²) >= 11 is 5.97. The molecule has 0 unspecified atom stereocenters. The Morgan fingerprint density at radius 2 is 1.89 bits per heavy atom. The van der Waals surface area contributed by atoms with Gasteiger partial charge in [0.15, 0.2) is 5.76 Å². The number of ether oxygens (including phenoxy) is 1. The molecule has 1 saturated carbocycles. The zero-order valence-electron chi connectivity index (χ0n) is 16.0. The normalized spacial score (nSPS) is 20.4. The van der Waals surface area contributed by atoms with Crippen molar-refractivity contribution in [3.05, 3.63) is 35.0 Å². The van der Waals surface area contributed by atoms with Crippen LogP contribution in [0.4, 0.5) is 0 Å². The van der Waals surface area contributed by atoms with Crippen LogP contribution in [-0.4, -0.2) is 23.5 Å². The van der Waals surface area contributed by atoms with Crippen molar-refractivity contribution < 1.29 is 18.7 Å². The lowest BCUT2D eigenvalue weighted by Gasteiger charge is -2.29. The first-order valence-electron chi connectivity index (χ1n) is 9.41.